The van der Waals surface area contributed by atoms with Gasteiger partial charge in [-0.3, -0.25) is 4.79 Å². The van der Waals surface area contributed by atoms with Gasteiger partial charge in [-0.1, -0.05) is 34.8 Å². The van der Waals surface area contributed by atoms with Crippen molar-refractivity contribution in [3.05, 3.63) is 0 Å². The molecule has 0 unspecified atom stereocenters. The Balaban J connectivity index is 3.90. The predicted molar refractivity (Wildman–Crippen MR) is 51.3 cm³/mol. The van der Waals surface area contributed by atoms with Crippen molar-refractivity contribution in [2.45, 2.75) is 8.51 Å². The molecule has 0 radical (unpaired) electrons. The zero-order chi connectivity index (χ0) is 9.99. The van der Waals surface area contributed by atoms with Crippen molar-refractivity contribution < 1.29 is 13.6 Å². The van der Waals surface area contributed by atoms with Crippen molar-refractivity contribution in [1.82, 2.24) is 0 Å². The van der Waals surface area contributed by atoms with E-state index in [-0.39, 0.29) is 10.8 Å². The average molecular weight is 296 g/mol. The maximum atomic E-state index is 11.9. The summed E-state index contributed by atoms with van der Waals surface area (Å²) in [6.07, 6.45) is 0. The molecule has 0 aliphatic carbocycles. The summed E-state index contributed by atoms with van der Waals surface area (Å²) in [5.74, 6) is 0. The molecule has 72 valence electrons. The number of alkyl halides is 6. The molecule has 0 N–H and O–H groups in total. The third kappa shape index (κ3) is 6.86. The van der Waals surface area contributed by atoms with E-state index in [0.717, 1.165) is 0 Å². The number of hydrogen-bond donors (Lipinski definition) is 0. The Morgan fingerprint density at radius 2 is 1.58 bits per heavy atom. The van der Waals surface area contributed by atoms with E-state index in [2.05, 4.69) is 11.6 Å². The van der Waals surface area contributed by atoms with E-state index in [1.165, 1.54) is 0 Å². The minimum absolute atomic E-state index is 0.0903. The average Bonchev–Trinajstić information content (AvgIpc) is 1.78. The molecule has 1 nitrogen and oxygen atoms in total. The van der Waals surface area contributed by atoms with Crippen molar-refractivity contribution in [2.24, 2.45) is 0 Å². The predicted octanol–water partition coefficient (Wildman–Crippen LogP) is 4.05. The quantitative estimate of drug-likeness (QED) is 0.565. The van der Waals surface area contributed by atoms with Gasteiger partial charge in [0.2, 0.25) is 3.12 Å². The third-order valence-corrected chi connectivity index (χ3v) is 4.38. The number of halogens is 6. The lowest BCUT2D eigenvalue weighted by atomic mass is 10.8. The highest BCUT2D eigenvalue weighted by atomic mass is 35.6. The maximum absolute atomic E-state index is 11.9. The highest BCUT2D eigenvalue weighted by molar-refractivity contribution is 8.83. The van der Waals surface area contributed by atoms with Gasteiger partial charge in [0.1, 0.15) is 0 Å². The van der Waals surface area contributed by atoms with Crippen LogP contribution in [0.15, 0.2) is 0 Å². The summed E-state index contributed by atoms with van der Waals surface area (Å²) in [5.41, 5.74) is 0. The Hall–Kier alpha value is 1.39. The van der Waals surface area contributed by atoms with Crippen LogP contribution >= 0.6 is 68.0 Å². The molecule has 0 saturated carbocycles. The molecular weight excluding hydrogens is 296 g/mol. The second-order valence-electron chi connectivity index (χ2n) is 1.40. The van der Waals surface area contributed by atoms with Crippen LogP contribution in [0.4, 0.5) is 8.78 Å². The smallest absolute Gasteiger partial charge is 0.278 e. The van der Waals surface area contributed by atoms with Crippen LogP contribution in [0, 0.1) is 0 Å². The molecule has 0 aromatic carbocycles. The van der Waals surface area contributed by atoms with Gasteiger partial charge in [-0.25, -0.2) is 0 Å². The summed E-state index contributed by atoms with van der Waals surface area (Å²) in [7, 11) is 0.458. The summed E-state index contributed by atoms with van der Waals surface area (Å²) in [6, 6.07) is 0. The van der Waals surface area contributed by atoms with Crippen LogP contribution in [-0.4, -0.2) is 13.6 Å². The first-order chi connectivity index (χ1) is 5.13. The monoisotopic (exact) mass is 294 g/mol. The summed E-state index contributed by atoms with van der Waals surface area (Å²) in [6.45, 7) is 0. The molecule has 0 aromatic heterocycles. The van der Waals surface area contributed by atoms with Crippen LogP contribution in [0.25, 0.3) is 0 Å². The molecule has 0 rings (SSSR count). The molecule has 0 aliphatic rings. The zero-order valence-electron chi connectivity index (χ0n) is 4.99. The molecular formula is C3Cl4F2OS2. The third-order valence-electron chi connectivity index (χ3n) is 0.443. The van der Waals surface area contributed by atoms with E-state index in [1.807, 2.05) is 0 Å². The van der Waals surface area contributed by atoms with Gasteiger partial charge in [-0.2, -0.15) is 8.78 Å². The van der Waals surface area contributed by atoms with Crippen molar-refractivity contribution in [3.63, 3.8) is 0 Å². The van der Waals surface area contributed by atoms with Crippen LogP contribution in [0.5, 0.6) is 0 Å². The van der Waals surface area contributed by atoms with E-state index in [4.69, 9.17) is 34.8 Å². The van der Waals surface area contributed by atoms with Gasteiger partial charge in [-0.15, -0.1) is 0 Å². The first kappa shape index (κ1) is 13.4. The van der Waals surface area contributed by atoms with Crippen molar-refractivity contribution in [1.29, 1.82) is 0 Å². The molecule has 0 fully saturated rings. The van der Waals surface area contributed by atoms with Crippen LogP contribution in [-0.2, 0) is 4.79 Å². The zero-order valence-corrected chi connectivity index (χ0v) is 9.65. The molecule has 0 aliphatic heterocycles. The lowest BCUT2D eigenvalue weighted by Crippen LogP contribution is -2.17. The Morgan fingerprint density at radius 1 is 1.17 bits per heavy atom. The lowest BCUT2D eigenvalue weighted by Gasteiger charge is -2.09. The van der Waals surface area contributed by atoms with E-state index in [1.54, 1.807) is 0 Å². The molecule has 0 heterocycles. The summed E-state index contributed by atoms with van der Waals surface area (Å²) < 4.78 is 22.1. The largest absolute Gasteiger partial charge is 0.391 e. The normalized spacial score (nSPS) is 13.2. The maximum Gasteiger partial charge on any atom is 0.391 e. The van der Waals surface area contributed by atoms with E-state index in [0.29, 0.717) is 10.8 Å². The minimum Gasteiger partial charge on any atom is -0.278 e. The van der Waals surface area contributed by atoms with E-state index in [9.17, 15) is 13.6 Å². The first-order valence-electron chi connectivity index (χ1n) is 2.16. The number of hydrogen-bond acceptors (Lipinski definition) is 3. The summed E-state index contributed by atoms with van der Waals surface area (Å²) in [4.78, 5) is 10.4. The molecule has 9 heteroatoms. The molecule has 0 spiro atoms. The van der Waals surface area contributed by atoms with Crippen LogP contribution in [0.2, 0.25) is 0 Å². The molecule has 0 atom stereocenters. The van der Waals surface area contributed by atoms with Crippen LogP contribution < -0.4 is 0 Å². The fraction of sp³-hybridized carbons (Fsp3) is 0.667. The molecule has 0 amide bonds. The van der Waals surface area contributed by atoms with Crippen molar-refractivity contribution >= 4 is 73.1 Å². The highest BCUT2D eigenvalue weighted by Gasteiger charge is 2.38. The summed E-state index contributed by atoms with van der Waals surface area (Å²) >= 11 is 19.8. The van der Waals surface area contributed by atoms with Gasteiger partial charge in [-0.05, 0) is 33.2 Å². The van der Waals surface area contributed by atoms with Crippen molar-refractivity contribution in [3.8, 4) is 0 Å². The van der Waals surface area contributed by atoms with E-state index >= 15 is 0 Å². The molecule has 12 heavy (non-hydrogen) atoms. The SMILES string of the molecule is O=C(SSC(Cl)(Cl)Cl)C(F)(F)Cl. The fourth-order valence-electron chi connectivity index (χ4n) is 0.132. The van der Waals surface area contributed by atoms with Crippen LogP contribution in [0.3, 0.4) is 0 Å². The van der Waals surface area contributed by atoms with Gasteiger partial charge >= 0.3 is 5.38 Å². The Morgan fingerprint density at radius 3 is 1.83 bits per heavy atom. The van der Waals surface area contributed by atoms with Crippen LogP contribution in [0.1, 0.15) is 0 Å². The number of carbonyl (C=O) groups is 1. The van der Waals surface area contributed by atoms with Crippen molar-refractivity contribution in [2.75, 3.05) is 0 Å². The first-order valence-corrected chi connectivity index (χ1v) is 5.82. The second kappa shape index (κ2) is 4.75. The molecule has 0 aromatic rings. The fourth-order valence-corrected chi connectivity index (χ4v) is 2.32. The summed E-state index contributed by atoms with van der Waals surface area (Å²) in [5, 5.41) is -5.49. The van der Waals surface area contributed by atoms with Gasteiger partial charge in [0.15, 0.2) is 0 Å². The van der Waals surface area contributed by atoms with Gasteiger partial charge in [0.05, 0.1) is 0 Å². The number of rotatable bonds is 2. The topological polar surface area (TPSA) is 17.1 Å². The Labute approximate surface area is 94.8 Å². The van der Waals surface area contributed by atoms with Gasteiger partial charge in [0.25, 0.3) is 5.12 Å². The second-order valence-corrected chi connectivity index (χ2v) is 7.14. The minimum atomic E-state index is -3.92. The van der Waals surface area contributed by atoms with Gasteiger partial charge < -0.3 is 0 Å². The molecule has 0 bridgehead atoms. The standard InChI is InChI=1S/C3Cl4F2OS2/c4-2(8,9)1(10)11-12-3(5,6)7. The van der Waals surface area contributed by atoms with E-state index < -0.39 is 13.6 Å². The Kier molecular flexibility index (Phi) is 5.30. The highest BCUT2D eigenvalue weighted by Crippen LogP contribution is 2.48. The van der Waals surface area contributed by atoms with Gasteiger partial charge in [0, 0.05) is 0 Å². The Bertz CT molecular complexity index is 176. The lowest BCUT2D eigenvalue weighted by molar-refractivity contribution is -0.123. The molecule has 0 saturated heterocycles. The number of carbonyl (C=O) groups excluding carboxylic acids is 1.